The van der Waals surface area contributed by atoms with Gasteiger partial charge in [-0.05, 0) is 41.5 Å². The first-order chi connectivity index (χ1) is 15.4. The molecule has 0 aliphatic heterocycles. The molecule has 164 valence electrons. The van der Waals surface area contributed by atoms with Gasteiger partial charge < -0.3 is 19.6 Å². The molecule has 0 aliphatic rings. The van der Waals surface area contributed by atoms with Crippen molar-refractivity contribution < 1.29 is 19.1 Å². The normalized spacial score (nSPS) is 12.1. The van der Waals surface area contributed by atoms with Gasteiger partial charge in [-0.3, -0.25) is 9.59 Å². The van der Waals surface area contributed by atoms with Gasteiger partial charge in [0.05, 0.1) is 17.1 Å². The van der Waals surface area contributed by atoms with Crippen molar-refractivity contribution in [3.63, 3.8) is 0 Å². The third kappa shape index (κ3) is 4.49. The van der Waals surface area contributed by atoms with Gasteiger partial charge in [0, 0.05) is 11.8 Å². The number of aromatic amines is 1. The number of hydrogen-bond acceptors (Lipinski definition) is 8. The van der Waals surface area contributed by atoms with E-state index < -0.39 is 12.0 Å². The van der Waals surface area contributed by atoms with Crippen LogP contribution < -0.4 is 15.5 Å². The van der Waals surface area contributed by atoms with Gasteiger partial charge in [-0.2, -0.15) is 5.21 Å². The molecular weight excluding hydrogens is 414 g/mol. The number of benzene rings is 2. The van der Waals surface area contributed by atoms with E-state index >= 15 is 0 Å². The Morgan fingerprint density at radius 3 is 2.78 bits per heavy atom. The number of nitrogens with one attached hydrogen (secondary N) is 2. The molecule has 0 fully saturated rings. The van der Waals surface area contributed by atoms with Crippen LogP contribution in [0.1, 0.15) is 24.5 Å². The molecule has 0 spiro atoms. The number of amides is 1. The Morgan fingerprint density at radius 1 is 1.22 bits per heavy atom. The van der Waals surface area contributed by atoms with Crippen molar-refractivity contribution in [2.24, 2.45) is 5.92 Å². The Bertz CT molecular complexity index is 1300. The number of hydrogen-bond donors (Lipinski definition) is 3. The van der Waals surface area contributed by atoms with Gasteiger partial charge in [0.25, 0.3) is 11.7 Å². The molecule has 0 saturated carbocycles. The molecule has 1 unspecified atom stereocenters. The summed E-state index contributed by atoms with van der Waals surface area (Å²) in [6.45, 7) is 3.93. The Labute approximate surface area is 182 Å². The molecule has 32 heavy (non-hydrogen) atoms. The smallest absolute Gasteiger partial charge is 0.297 e. The second kappa shape index (κ2) is 8.98. The zero-order valence-electron chi connectivity index (χ0n) is 17.4. The maximum atomic E-state index is 12.8. The van der Waals surface area contributed by atoms with Gasteiger partial charge in [0.2, 0.25) is 0 Å². The van der Waals surface area contributed by atoms with E-state index in [0.29, 0.717) is 33.7 Å². The fourth-order valence-electron chi connectivity index (χ4n) is 2.98. The molecule has 0 bridgehead atoms. The summed E-state index contributed by atoms with van der Waals surface area (Å²) >= 11 is 0. The van der Waals surface area contributed by atoms with E-state index in [-0.39, 0.29) is 23.8 Å². The topological polar surface area (TPSA) is 143 Å². The van der Waals surface area contributed by atoms with Crippen molar-refractivity contribution in [3.05, 3.63) is 64.6 Å². The number of ether oxygens (including phenoxy) is 1. The van der Waals surface area contributed by atoms with Crippen LogP contribution in [0.2, 0.25) is 0 Å². The number of aliphatic hydroxyl groups excluding tert-OH is 1. The number of aromatic nitrogens is 4. The Morgan fingerprint density at radius 2 is 2.03 bits per heavy atom. The number of aliphatic hydroxyl groups is 1. The molecule has 0 radical (unpaired) electrons. The Hall–Kier alpha value is -4.05. The summed E-state index contributed by atoms with van der Waals surface area (Å²) in [5.74, 6) is 0.204. The summed E-state index contributed by atoms with van der Waals surface area (Å²) in [5, 5.41) is 25.7. The lowest BCUT2D eigenvalue weighted by Crippen LogP contribution is -2.23. The van der Waals surface area contributed by atoms with Gasteiger partial charge in [-0.25, -0.2) is 0 Å². The first-order valence-electron chi connectivity index (χ1n) is 9.95. The van der Waals surface area contributed by atoms with Crippen molar-refractivity contribution in [2.45, 2.75) is 20.0 Å². The molecule has 10 heteroatoms. The molecule has 3 N–H and O–H groups in total. The Kier molecular flexibility index (Phi) is 5.95. The largest absolute Gasteiger partial charge is 0.490 e. The second-order valence-corrected chi connectivity index (χ2v) is 7.49. The fraction of sp³-hybridized carbons (Fsp3) is 0.227. The van der Waals surface area contributed by atoms with Gasteiger partial charge >= 0.3 is 0 Å². The van der Waals surface area contributed by atoms with Crippen LogP contribution in [0.25, 0.3) is 22.3 Å². The minimum atomic E-state index is -0.618. The van der Waals surface area contributed by atoms with Crippen molar-refractivity contribution >= 4 is 22.6 Å². The summed E-state index contributed by atoms with van der Waals surface area (Å²) in [6, 6.07) is 13.2. The average Bonchev–Trinajstić information content (AvgIpc) is 3.33. The van der Waals surface area contributed by atoms with E-state index in [0.717, 1.165) is 0 Å². The maximum Gasteiger partial charge on any atom is 0.297 e. The molecule has 2 heterocycles. The lowest BCUT2D eigenvalue weighted by atomic mass is 10.1. The second-order valence-electron chi connectivity index (χ2n) is 7.49. The first-order valence-corrected chi connectivity index (χ1v) is 9.95. The number of fused-ring (bicyclic) bond motifs is 1. The van der Waals surface area contributed by atoms with Gasteiger partial charge in [-0.15, -0.1) is 10.2 Å². The quantitative estimate of drug-likeness (QED) is 0.402. The number of anilines is 1. The third-order valence-electron chi connectivity index (χ3n) is 4.87. The number of H-pyrrole nitrogens is 1. The predicted molar refractivity (Wildman–Crippen MR) is 116 cm³/mol. The lowest BCUT2D eigenvalue weighted by molar-refractivity contribution is 0.0703. The molecule has 2 aromatic carbocycles. The third-order valence-corrected chi connectivity index (χ3v) is 4.87. The molecular formula is C22H21N5O5. The first kappa shape index (κ1) is 21.2. The minimum Gasteiger partial charge on any atom is -0.490 e. The van der Waals surface area contributed by atoms with Crippen LogP contribution in [0.4, 0.5) is 5.69 Å². The monoisotopic (exact) mass is 435 g/mol. The van der Waals surface area contributed by atoms with Crippen LogP contribution in [-0.2, 0) is 0 Å². The summed E-state index contributed by atoms with van der Waals surface area (Å²) in [5.41, 5.74) is 1.05. The molecule has 0 aliphatic carbocycles. The zero-order chi connectivity index (χ0) is 22.7. The van der Waals surface area contributed by atoms with Gasteiger partial charge in [0.1, 0.15) is 23.7 Å². The fourth-order valence-corrected chi connectivity index (χ4v) is 2.98. The molecule has 4 aromatic rings. The van der Waals surface area contributed by atoms with E-state index in [9.17, 15) is 14.7 Å². The van der Waals surface area contributed by atoms with Gasteiger partial charge in [-0.1, -0.05) is 26.0 Å². The maximum absolute atomic E-state index is 12.8. The highest BCUT2D eigenvalue weighted by Crippen LogP contribution is 2.31. The summed E-state index contributed by atoms with van der Waals surface area (Å²) in [7, 11) is 0. The van der Waals surface area contributed by atoms with Gasteiger partial charge in [0.15, 0.2) is 5.43 Å². The number of carbonyl (C=O) groups is 1. The van der Waals surface area contributed by atoms with E-state index in [1.165, 1.54) is 12.1 Å². The molecule has 0 saturated heterocycles. The average molecular weight is 435 g/mol. The minimum absolute atomic E-state index is 0.0514. The summed E-state index contributed by atoms with van der Waals surface area (Å²) < 4.78 is 11.7. The van der Waals surface area contributed by atoms with E-state index in [1.807, 2.05) is 19.9 Å². The number of rotatable bonds is 7. The molecule has 1 atom stereocenters. The Balaban J connectivity index is 1.63. The highest BCUT2D eigenvalue weighted by atomic mass is 16.5. The molecule has 1 amide bonds. The van der Waals surface area contributed by atoms with Crippen molar-refractivity contribution in [2.75, 3.05) is 11.9 Å². The highest BCUT2D eigenvalue weighted by Gasteiger charge is 2.16. The number of nitrogens with zero attached hydrogens (tertiary/aromatic N) is 3. The van der Waals surface area contributed by atoms with Crippen molar-refractivity contribution in [1.82, 2.24) is 20.6 Å². The summed E-state index contributed by atoms with van der Waals surface area (Å²) in [6.07, 6.45) is -0.618. The van der Waals surface area contributed by atoms with E-state index in [4.69, 9.17) is 9.15 Å². The molecule has 2 aromatic heterocycles. The number of carbonyl (C=O) groups excluding carboxylic acids is 1. The highest BCUT2D eigenvalue weighted by molar-refractivity contribution is 6.02. The summed E-state index contributed by atoms with van der Waals surface area (Å²) in [4.78, 5) is 24.9. The standard InChI is InChI=1S/C22H21N5O5/c1-12(2)17(29)11-31-18-6-4-3-5-14(18)20-10-16(28)15-9-13(7-8-19(15)32-20)23-22(30)21-24-26-27-25-21/h3-10,12,17,29H,11H2,1-2H3,(H,23,30)(H,24,25,26,27). The number of para-hydroxylation sites is 1. The SMILES string of the molecule is CC(C)C(O)COc1ccccc1-c1cc(=O)c2cc(NC(=O)c3nn[nH]n3)ccc2o1. The molecule has 10 nitrogen and oxygen atoms in total. The number of tetrazole rings is 1. The van der Waals surface area contributed by atoms with Crippen LogP contribution in [0.5, 0.6) is 5.75 Å². The van der Waals surface area contributed by atoms with Crippen LogP contribution in [0.15, 0.2) is 57.7 Å². The van der Waals surface area contributed by atoms with Crippen LogP contribution in [0.3, 0.4) is 0 Å². The van der Waals surface area contributed by atoms with Crippen LogP contribution in [0, 0.1) is 5.92 Å². The van der Waals surface area contributed by atoms with Crippen LogP contribution >= 0.6 is 0 Å². The zero-order valence-corrected chi connectivity index (χ0v) is 17.4. The lowest BCUT2D eigenvalue weighted by Gasteiger charge is -2.17. The molecule has 4 rings (SSSR count). The predicted octanol–water partition coefficient (Wildman–Crippen LogP) is 2.62. The van der Waals surface area contributed by atoms with E-state index in [1.54, 1.807) is 30.3 Å². The van der Waals surface area contributed by atoms with Crippen molar-refractivity contribution in [3.8, 4) is 17.1 Å². The van der Waals surface area contributed by atoms with Crippen LogP contribution in [-0.4, -0.2) is 44.3 Å². The van der Waals surface area contributed by atoms with Crippen molar-refractivity contribution in [1.29, 1.82) is 0 Å². The van der Waals surface area contributed by atoms with E-state index in [2.05, 4.69) is 25.9 Å².